The second-order valence-electron chi connectivity index (χ2n) is 5.43. The first kappa shape index (κ1) is 16.3. The fraction of sp³-hybridized carbons (Fsp3) is 0.222. The minimum Gasteiger partial charge on any atom is -0.485 e. The number of benzene rings is 1. The Morgan fingerprint density at radius 3 is 2.71 bits per heavy atom. The molecule has 124 valence electrons. The van der Waals surface area contributed by atoms with Gasteiger partial charge in [-0.25, -0.2) is 4.98 Å². The van der Waals surface area contributed by atoms with Crippen molar-refractivity contribution in [1.29, 1.82) is 0 Å². The molecule has 0 spiro atoms. The van der Waals surface area contributed by atoms with E-state index in [-0.39, 0.29) is 18.3 Å². The fourth-order valence-corrected chi connectivity index (χ4v) is 2.94. The monoisotopic (exact) mass is 342 g/mol. The van der Waals surface area contributed by atoms with Crippen molar-refractivity contribution >= 4 is 22.4 Å². The minimum atomic E-state index is -0.314. The molecule has 0 atom stereocenters. The van der Waals surface area contributed by atoms with Crippen LogP contribution in [0.1, 0.15) is 32.4 Å². The Kier molecular flexibility index (Phi) is 4.66. The second kappa shape index (κ2) is 6.88. The third-order valence-electron chi connectivity index (χ3n) is 3.60. The van der Waals surface area contributed by atoms with Gasteiger partial charge in [-0.2, -0.15) is 0 Å². The summed E-state index contributed by atoms with van der Waals surface area (Å²) in [5, 5.41) is 3.32. The number of nitrogens with zero attached hydrogens (tertiary/aromatic N) is 1. The first-order valence-electron chi connectivity index (χ1n) is 7.55. The smallest absolute Gasteiger partial charge is 0.293 e. The van der Waals surface area contributed by atoms with E-state index in [1.165, 1.54) is 11.3 Å². The normalized spacial score (nSPS) is 10.6. The van der Waals surface area contributed by atoms with Gasteiger partial charge in [-0.3, -0.25) is 10.1 Å². The van der Waals surface area contributed by atoms with Crippen LogP contribution >= 0.6 is 11.3 Å². The maximum atomic E-state index is 12.2. The summed E-state index contributed by atoms with van der Waals surface area (Å²) in [6.07, 6.45) is 0. The van der Waals surface area contributed by atoms with E-state index in [0.717, 1.165) is 21.9 Å². The Bertz CT molecular complexity index is 847. The standard InChI is InChI=1S/C18H18N2O3S/c1-11-6-4-5-7-15(11)22-10-14-8-9-16(23-14)17(21)20-18-19-12(2)13(3)24-18/h4-9H,10H2,1-3H3,(H,19,20,21). The summed E-state index contributed by atoms with van der Waals surface area (Å²) in [4.78, 5) is 17.6. The van der Waals surface area contributed by atoms with Crippen LogP contribution in [-0.2, 0) is 6.61 Å². The Balaban J connectivity index is 1.62. The molecule has 0 saturated heterocycles. The quantitative estimate of drug-likeness (QED) is 0.742. The number of carbonyl (C=O) groups excluding carboxylic acids is 1. The van der Waals surface area contributed by atoms with Crippen LogP contribution in [0.15, 0.2) is 40.8 Å². The lowest BCUT2D eigenvalue weighted by atomic mass is 10.2. The third-order valence-corrected chi connectivity index (χ3v) is 4.59. The van der Waals surface area contributed by atoms with E-state index in [1.54, 1.807) is 12.1 Å². The molecule has 0 aliphatic rings. The van der Waals surface area contributed by atoms with Crippen LogP contribution in [0.5, 0.6) is 5.75 Å². The van der Waals surface area contributed by atoms with Crippen molar-refractivity contribution in [3.05, 3.63) is 64.1 Å². The van der Waals surface area contributed by atoms with Gasteiger partial charge in [0, 0.05) is 4.88 Å². The van der Waals surface area contributed by atoms with Gasteiger partial charge in [0.1, 0.15) is 18.1 Å². The summed E-state index contributed by atoms with van der Waals surface area (Å²) in [6, 6.07) is 11.1. The van der Waals surface area contributed by atoms with E-state index in [4.69, 9.17) is 9.15 Å². The molecular formula is C18H18N2O3S. The Hall–Kier alpha value is -2.60. The topological polar surface area (TPSA) is 64.4 Å². The van der Waals surface area contributed by atoms with Crippen LogP contribution in [0.2, 0.25) is 0 Å². The molecule has 1 amide bonds. The molecule has 0 aliphatic heterocycles. The van der Waals surface area contributed by atoms with Gasteiger partial charge in [0.25, 0.3) is 5.91 Å². The van der Waals surface area contributed by atoms with Gasteiger partial charge in [0.2, 0.25) is 0 Å². The molecule has 0 radical (unpaired) electrons. The van der Waals surface area contributed by atoms with Crippen molar-refractivity contribution in [2.24, 2.45) is 0 Å². The van der Waals surface area contributed by atoms with Crippen molar-refractivity contribution < 1.29 is 13.9 Å². The number of ether oxygens (including phenoxy) is 1. The SMILES string of the molecule is Cc1ccccc1OCc1ccc(C(=O)Nc2nc(C)c(C)s2)o1. The summed E-state index contributed by atoms with van der Waals surface area (Å²) >= 11 is 1.44. The van der Waals surface area contributed by atoms with Crippen molar-refractivity contribution in [2.75, 3.05) is 5.32 Å². The molecule has 1 aromatic carbocycles. The van der Waals surface area contributed by atoms with Gasteiger partial charge in [0.15, 0.2) is 10.9 Å². The summed E-state index contributed by atoms with van der Waals surface area (Å²) in [6.45, 7) is 6.13. The predicted octanol–water partition coefficient (Wildman–Crippen LogP) is 4.49. The van der Waals surface area contributed by atoms with Gasteiger partial charge < -0.3 is 9.15 Å². The van der Waals surface area contributed by atoms with E-state index >= 15 is 0 Å². The molecule has 3 rings (SSSR count). The number of hydrogen-bond donors (Lipinski definition) is 1. The van der Waals surface area contributed by atoms with Crippen molar-refractivity contribution in [1.82, 2.24) is 4.98 Å². The number of amides is 1. The van der Waals surface area contributed by atoms with Gasteiger partial charge >= 0.3 is 0 Å². The van der Waals surface area contributed by atoms with Crippen LogP contribution in [0, 0.1) is 20.8 Å². The largest absolute Gasteiger partial charge is 0.485 e. The fourth-order valence-electron chi connectivity index (χ4n) is 2.13. The van der Waals surface area contributed by atoms with Crippen LogP contribution < -0.4 is 10.1 Å². The van der Waals surface area contributed by atoms with E-state index in [1.807, 2.05) is 45.0 Å². The van der Waals surface area contributed by atoms with E-state index in [2.05, 4.69) is 10.3 Å². The lowest BCUT2D eigenvalue weighted by Crippen LogP contribution is -2.10. The Morgan fingerprint density at radius 1 is 1.21 bits per heavy atom. The van der Waals surface area contributed by atoms with E-state index < -0.39 is 0 Å². The van der Waals surface area contributed by atoms with E-state index in [9.17, 15) is 4.79 Å². The molecule has 24 heavy (non-hydrogen) atoms. The van der Waals surface area contributed by atoms with Gasteiger partial charge in [-0.15, -0.1) is 11.3 Å². The van der Waals surface area contributed by atoms with Gasteiger partial charge in [0.05, 0.1) is 5.69 Å². The number of aromatic nitrogens is 1. The highest BCUT2D eigenvalue weighted by atomic mass is 32.1. The number of anilines is 1. The Morgan fingerprint density at radius 2 is 2.00 bits per heavy atom. The molecule has 6 heteroatoms. The summed E-state index contributed by atoms with van der Waals surface area (Å²) < 4.78 is 11.3. The molecule has 0 saturated carbocycles. The first-order valence-corrected chi connectivity index (χ1v) is 8.37. The molecule has 2 aromatic heterocycles. The van der Waals surface area contributed by atoms with Crippen LogP contribution in [0.4, 0.5) is 5.13 Å². The maximum absolute atomic E-state index is 12.2. The van der Waals surface area contributed by atoms with Gasteiger partial charge in [-0.05, 0) is 44.5 Å². The lowest BCUT2D eigenvalue weighted by Gasteiger charge is -2.06. The zero-order valence-electron chi connectivity index (χ0n) is 13.8. The second-order valence-corrected chi connectivity index (χ2v) is 6.64. The highest BCUT2D eigenvalue weighted by Gasteiger charge is 2.14. The molecule has 5 nitrogen and oxygen atoms in total. The zero-order valence-corrected chi connectivity index (χ0v) is 14.6. The van der Waals surface area contributed by atoms with E-state index in [0.29, 0.717) is 10.9 Å². The molecule has 1 N–H and O–H groups in total. The number of thiazole rings is 1. The molecule has 2 heterocycles. The molecule has 0 aliphatic carbocycles. The number of aryl methyl sites for hydroxylation is 3. The van der Waals surface area contributed by atoms with Crippen molar-refractivity contribution in [2.45, 2.75) is 27.4 Å². The highest BCUT2D eigenvalue weighted by molar-refractivity contribution is 7.15. The summed E-state index contributed by atoms with van der Waals surface area (Å²) in [5.41, 5.74) is 1.97. The average Bonchev–Trinajstić information content (AvgIpc) is 3.14. The predicted molar refractivity (Wildman–Crippen MR) is 93.8 cm³/mol. The third kappa shape index (κ3) is 3.65. The molecular weight excluding hydrogens is 324 g/mol. The van der Waals surface area contributed by atoms with Gasteiger partial charge in [-0.1, -0.05) is 18.2 Å². The minimum absolute atomic E-state index is 0.240. The first-order chi connectivity index (χ1) is 11.5. The number of furan rings is 1. The number of para-hydroxylation sites is 1. The number of carbonyl (C=O) groups is 1. The van der Waals surface area contributed by atoms with Crippen LogP contribution in [0.25, 0.3) is 0 Å². The van der Waals surface area contributed by atoms with Crippen molar-refractivity contribution in [3.63, 3.8) is 0 Å². The van der Waals surface area contributed by atoms with Crippen molar-refractivity contribution in [3.8, 4) is 5.75 Å². The molecule has 0 unspecified atom stereocenters. The molecule has 3 aromatic rings. The maximum Gasteiger partial charge on any atom is 0.293 e. The number of nitrogens with one attached hydrogen (secondary N) is 1. The molecule has 0 fully saturated rings. The number of rotatable bonds is 5. The summed E-state index contributed by atoms with van der Waals surface area (Å²) in [5.74, 6) is 1.32. The van der Waals surface area contributed by atoms with Crippen LogP contribution in [0.3, 0.4) is 0 Å². The zero-order chi connectivity index (χ0) is 17.1. The lowest BCUT2D eigenvalue weighted by molar-refractivity contribution is 0.0992. The molecule has 0 bridgehead atoms. The number of hydrogen-bond acceptors (Lipinski definition) is 5. The summed E-state index contributed by atoms with van der Waals surface area (Å²) in [7, 11) is 0. The highest BCUT2D eigenvalue weighted by Crippen LogP contribution is 2.22. The Labute approximate surface area is 144 Å². The average molecular weight is 342 g/mol. The van der Waals surface area contributed by atoms with Crippen LogP contribution in [-0.4, -0.2) is 10.9 Å².